The molecule has 5 heteroatoms. The summed E-state index contributed by atoms with van der Waals surface area (Å²) in [6, 6.07) is 4.32. The molecule has 3 rings (SSSR count). The van der Waals surface area contributed by atoms with Crippen molar-refractivity contribution in [2.45, 2.75) is 25.8 Å². The Morgan fingerprint density at radius 1 is 1.15 bits per heavy atom. The summed E-state index contributed by atoms with van der Waals surface area (Å²) >= 11 is 0. The highest BCUT2D eigenvalue weighted by Crippen LogP contribution is 2.36. The minimum absolute atomic E-state index is 0.182. The summed E-state index contributed by atoms with van der Waals surface area (Å²) in [4.78, 5) is 13.6. The van der Waals surface area contributed by atoms with Gasteiger partial charge < -0.3 is 14.6 Å². The Labute approximate surface area is 116 Å². The minimum Gasteiger partial charge on any atom is -0.504 e. The third-order valence-corrected chi connectivity index (χ3v) is 3.79. The van der Waals surface area contributed by atoms with Crippen LogP contribution in [-0.2, 0) is 6.54 Å². The lowest BCUT2D eigenvalue weighted by molar-refractivity contribution is 0.218. The molecule has 0 unspecified atom stereocenters. The molecule has 2 heterocycles. The van der Waals surface area contributed by atoms with Crippen molar-refractivity contribution in [2.24, 2.45) is 0 Å². The predicted octanol–water partition coefficient (Wildman–Crippen LogP) is 2.19. The molecule has 1 aliphatic heterocycles. The second kappa shape index (κ2) is 5.17. The van der Waals surface area contributed by atoms with Crippen molar-refractivity contribution in [1.82, 2.24) is 4.90 Å². The van der Waals surface area contributed by atoms with Gasteiger partial charge in [-0.1, -0.05) is 6.42 Å². The maximum absolute atomic E-state index is 11.4. The Hall–Kier alpha value is -2.01. The Morgan fingerprint density at radius 2 is 1.90 bits per heavy atom. The summed E-state index contributed by atoms with van der Waals surface area (Å²) in [5.41, 5.74) is 0.389. The number of hydrogen-bond donors (Lipinski definition) is 2. The molecule has 2 N–H and O–H groups in total. The van der Waals surface area contributed by atoms with Gasteiger partial charge in [0.25, 0.3) is 0 Å². The monoisotopic (exact) mass is 275 g/mol. The summed E-state index contributed by atoms with van der Waals surface area (Å²) in [5.74, 6) is -0.379. The van der Waals surface area contributed by atoms with Gasteiger partial charge in [-0.15, -0.1) is 0 Å². The van der Waals surface area contributed by atoms with Crippen molar-refractivity contribution in [3.05, 3.63) is 34.2 Å². The van der Waals surface area contributed by atoms with Gasteiger partial charge in [0.05, 0.1) is 5.56 Å². The molecule has 0 aliphatic carbocycles. The Balaban J connectivity index is 2.08. The van der Waals surface area contributed by atoms with E-state index in [1.165, 1.54) is 18.6 Å². The summed E-state index contributed by atoms with van der Waals surface area (Å²) in [7, 11) is 0. The third kappa shape index (κ3) is 2.36. The molecule has 0 atom stereocenters. The molecule has 0 amide bonds. The second-order valence-corrected chi connectivity index (χ2v) is 5.23. The number of hydrogen-bond acceptors (Lipinski definition) is 5. The molecule has 0 bridgehead atoms. The summed E-state index contributed by atoms with van der Waals surface area (Å²) in [6.07, 6.45) is 3.47. The number of fused-ring (bicyclic) bond motifs is 1. The van der Waals surface area contributed by atoms with Crippen LogP contribution in [0.4, 0.5) is 0 Å². The minimum atomic E-state index is -0.456. The Morgan fingerprint density at radius 3 is 2.65 bits per heavy atom. The molecule has 2 aromatic rings. The van der Waals surface area contributed by atoms with E-state index in [1.807, 2.05) is 0 Å². The number of nitrogens with zero attached hydrogens (tertiary/aromatic N) is 1. The molecule has 5 nitrogen and oxygen atoms in total. The normalized spacial score (nSPS) is 16.6. The van der Waals surface area contributed by atoms with Gasteiger partial charge in [0.1, 0.15) is 5.58 Å². The molecule has 0 saturated carbocycles. The fraction of sp³-hybridized carbons (Fsp3) is 0.400. The number of benzene rings is 1. The Bertz CT molecular complexity index is 686. The van der Waals surface area contributed by atoms with Crippen LogP contribution in [0.2, 0.25) is 0 Å². The van der Waals surface area contributed by atoms with Crippen LogP contribution in [-0.4, -0.2) is 28.2 Å². The SMILES string of the molecule is O=c1ccc2cc(O)c(O)c(CN3CCCCC3)c2o1. The highest BCUT2D eigenvalue weighted by molar-refractivity contribution is 5.84. The van der Waals surface area contributed by atoms with Crippen LogP contribution in [0, 0.1) is 0 Å². The largest absolute Gasteiger partial charge is 0.504 e. The number of phenolic OH excluding ortho intramolecular Hbond substituents is 2. The fourth-order valence-corrected chi connectivity index (χ4v) is 2.74. The number of likely N-dealkylation sites (tertiary alicyclic amines) is 1. The van der Waals surface area contributed by atoms with Gasteiger partial charge in [-0.25, -0.2) is 4.79 Å². The maximum Gasteiger partial charge on any atom is 0.336 e. The molecule has 1 aromatic heterocycles. The molecule has 0 spiro atoms. The summed E-state index contributed by atoms with van der Waals surface area (Å²) in [6.45, 7) is 2.38. The quantitative estimate of drug-likeness (QED) is 0.649. The van der Waals surface area contributed by atoms with E-state index >= 15 is 0 Å². The number of phenols is 2. The predicted molar refractivity (Wildman–Crippen MR) is 74.9 cm³/mol. The number of rotatable bonds is 2. The van der Waals surface area contributed by atoms with Crippen molar-refractivity contribution in [1.29, 1.82) is 0 Å². The zero-order valence-electron chi connectivity index (χ0n) is 11.1. The smallest absolute Gasteiger partial charge is 0.336 e. The van der Waals surface area contributed by atoms with E-state index in [1.54, 1.807) is 6.07 Å². The third-order valence-electron chi connectivity index (χ3n) is 3.79. The van der Waals surface area contributed by atoms with Gasteiger partial charge in [0, 0.05) is 18.0 Å². The zero-order chi connectivity index (χ0) is 14.1. The van der Waals surface area contributed by atoms with E-state index < -0.39 is 5.63 Å². The molecule has 1 saturated heterocycles. The van der Waals surface area contributed by atoms with E-state index in [-0.39, 0.29) is 11.5 Å². The van der Waals surface area contributed by atoms with Crippen LogP contribution < -0.4 is 5.63 Å². The first-order valence-electron chi connectivity index (χ1n) is 6.85. The molecule has 106 valence electrons. The van der Waals surface area contributed by atoms with E-state index in [2.05, 4.69) is 4.90 Å². The van der Waals surface area contributed by atoms with Gasteiger partial charge in [0.2, 0.25) is 0 Å². The van der Waals surface area contributed by atoms with Gasteiger partial charge in [-0.3, -0.25) is 4.90 Å². The first kappa shape index (κ1) is 13.0. The molecule has 1 aliphatic rings. The van der Waals surface area contributed by atoms with Crippen LogP contribution in [0.1, 0.15) is 24.8 Å². The van der Waals surface area contributed by atoms with Gasteiger partial charge in [0.15, 0.2) is 11.5 Å². The molecule has 1 fully saturated rings. The van der Waals surface area contributed by atoms with Gasteiger partial charge in [-0.05, 0) is 38.1 Å². The van der Waals surface area contributed by atoms with Crippen molar-refractivity contribution >= 4 is 11.0 Å². The van der Waals surface area contributed by atoms with Crippen molar-refractivity contribution < 1.29 is 14.6 Å². The molecular formula is C15H17NO4. The molecular weight excluding hydrogens is 258 g/mol. The van der Waals surface area contributed by atoms with Crippen LogP contribution in [0.3, 0.4) is 0 Å². The van der Waals surface area contributed by atoms with Gasteiger partial charge in [-0.2, -0.15) is 0 Å². The lowest BCUT2D eigenvalue weighted by atomic mass is 10.1. The molecule has 0 radical (unpaired) electrons. The highest BCUT2D eigenvalue weighted by atomic mass is 16.4. The first-order chi connectivity index (χ1) is 9.65. The molecule has 1 aromatic carbocycles. The Kier molecular flexibility index (Phi) is 3.36. The van der Waals surface area contributed by atoms with E-state index in [9.17, 15) is 15.0 Å². The summed E-state index contributed by atoms with van der Waals surface area (Å²) in [5, 5.41) is 20.5. The first-order valence-corrected chi connectivity index (χ1v) is 6.85. The maximum atomic E-state index is 11.4. The van der Waals surface area contributed by atoms with Gasteiger partial charge >= 0.3 is 5.63 Å². The van der Waals surface area contributed by atoms with E-state index in [0.717, 1.165) is 25.9 Å². The van der Waals surface area contributed by atoms with E-state index in [4.69, 9.17) is 4.42 Å². The van der Waals surface area contributed by atoms with Crippen molar-refractivity contribution in [2.75, 3.05) is 13.1 Å². The lowest BCUT2D eigenvalue weighted by Gasteiger charge is -2.26. The number of piperidine rings is 1. The van der Waals surface area contributed by atoms with Crippen LogP contribution in [0.15, 0.2) is 27.4 Å². The number of aromatic hydroxyl groups is 2. The average Bonchev–Trinajstić information content (AvgIpc) is 2.46. The highest BCUT2D eigenvalue weighted by Gasteiger charge is 2.19. The standard InChI is InChI=1S/C15H17NO4/c17-12-8-10-4-5-13(18)20-15(10)11(14(12)19)9-16-6-2-1-3-7-16/h4-5,8,17,19H,1-3,6-7,9H2. The topological polar surface area (TPSA) is 73.9 Å². The van der Waals surface area contributed by atoms with Crippen molar-refractivity contribution in [3.63, 3.8) is 0 Å². The fourth-order valence-electron chi connectivity index (χ4n) is 2.74. The summed E-state index contributed by atoms with van der Waals surface area (Å²) < 4.78 is 5.22. The lowest BCUT2D eigenvalue weighted by Crippen LogP contribution is -2.29. The van der Waals surface area contributed by atoms with Crippen LogP contribution in [0.5, 0.6) is 11.5 Å². The van der Waals surface area contributed by atoms with Crippen LogP contribution >= 0.6 is 0 Å². The zero-order valence-corrected chi connectivity index (χ0v) is 11.1. The van der Waals surface area contributed by atoms with E-state index in [0.29, 0.717) is 23.1 Å². The second-order valence-electron chi connectivity index (χ2n) is 5.23. The molecule has 20 heavy (non-hydrogen) atoms. The van der Waals surface area contributed by atoms with Crippen LogP contribution in [0.25, 0.3) is 11.0 Å². The van der Waals surface area contributed by atoms with Crippen molar-refractivity contribution in [3.8, 4) is 11.5 Å². The average molecular weight is 275 g/mol.